The van der Waals surface area contributed by atoms with E-state index in [0.717, 1.165) is 36.2 Å². The van der Waals surface area contributed by atoms with Gasteiger partial charge in [-0.05, 0) is 48.7 Å². The molecule has 6 nitrogen and oxygen atoms in total. The maximum Gasteiger partial charge on any atom is 0.254 e. The topological polar surface area (TPSA) is 64.8 Å². The van der Waals surface area contributed by atoms with E-state index in [-0.39, 0.29) is 11.9 Å². The first-order valence-corrected chi connectivity index (χ1v) is 9.50. The molecule has 146 valence electrons. The summed E-state index contributed by atoms with van der Waals surface area (Å²) in [6, 6.07) is 13.4. The number of benzene rings is 2. The predicted molar refractivity (Wildman–Crippen MR) is 106 cm³/mol. The quantitative estimate of drug-likeness (QED) is 0.653. The molecule has 28 heavy (non-hydrogen) atoms. The second-order valence-electron chi connectivity index (χ2n) is 7.06. The average molecular weight is 380 g/mol. The van der Waals surface area contributed by atoms with E-state index in [1.54, 1.807) is 20.3 Å². The monoisotopic (exact) mass is 380 g/mol. The number of aromatic nitrogens is 1. The SMILES string of the molecule is COC[C@@H]1CCCN1C(=O)c1ccc2nc(Cc3ccc(OC)cc3)oc2c1. The zero-order valence-electron chi connectivity index (χ0n) is 16.2. The van der Waals surface area contributed by atoms with Crippen LogP contribution in [0, 0.1) is 0 Å². The Labute approximate surface area is 164 Å². The van der Waals surface area contributed by atoms with Crippen molar-refractivity contribution in [3.05, 3.63) is 59.5 Å². The van der Waals surface area contributed by atoms with Crippen LogP contribution in [0.5, 0.6) is 5.75 Å². The third kappa shape index (κ3) is 3.73. The van der Waals surface area contributed by atoms with Gasteiger partial charge < -0.3 is 18.8 Å². The van der Waals surface area contributed by atoms with Crippen LogP contribution in [0.25, 0.3) is 11.1 Å². The van der Waals surface area contributed by atoms with Gasteiger partial charge in [-0.15, -0.1) is 0 Å². The molecule has 4 rings (SSSR count). The van der Waals surface area contributed by atoms with Crippen LogP contribution < -0.4 is 4.74 Å². The van der Waals surface area contributed by atoms with Gasteiger partial charge in [-0.3, -0.25) is 4.79 Å². The molecule has 1 atom stereocenters. The third-order valence-electron chi connectivity index (χ3n) is 5.19. The summed E-state index contributed by atoms with van der Waals surface area (Å²) in [6.45, 7) is 1.34. The summed E-state index contributed by atoms with van der Waals surface area (Å²) >= 11 is 0. The molecular weight excluding hydrogens is 356 g/mol. The molecule has 2 heterocycles. The van der Waals surface area contributed by atoms with Crippen LogP contribution >= 0.6 is 0 Å². The Morgan fingerprint density at radius 1 is 1.21 bits per heavy atom. The maximum absolute atomic E-state index is 12.9. The first-order chi connectivity index (χ1) is 13.7. The Morgan fingerprint density at radius 2 is 2.04 bits per heavy atom. The molecule has 0 bridgehead atoms. The number of nitrogens with zero attached hydrogens (tertiary/aromatic N) is 2. The minimum Gasteiger partial charge on any atom is -0.497 e. The van der Waals surface area contributed by atoms with E-state index in [4.69, 9.17) is 13.9 Å². The number of ether oxygens (including phenoxy) is 2. The number of amides is 1. The van der Waals surface area contributed by atoms with Crippen molar-refractivity contribution in [1.29, 1.82) is 0 Å². The standard InChI is InChI=1S/C22H24N2O4/c1-26-14-17-4-3-11-24(17)22(25)16-7-10-19-20(13-16)28-21(23-19)12-15-5-8-18(27-2)9-6-15/h5-10,13,17H,3-4,11-12,14H2,1-2H3/t17-/m0/s1. The van der Waals surface area contributed by atoms with Gasteiger partial charge in [-0.25, -0.2) is 4.98 Å². The molecule has 0 unspecified atom stereocenters. The molecule has 0 spiro atoms. The Hall–Kier alpha value is -2.86. The zero-order chi connectivity index (χ0) is 19.5. The summed E-state index contributed by atoms with van der Waals surface area (Å²) < 4.78 is 16.4. The third-order valence-corrected chi connectivity index (χ3v) is 5.19. The molecule has 1 amide bonds. The van der Waals surface area contributed by atoms with Crippen LogP contribution in [0.4, 0.5) is 0 Å². The molecule has 1 aromatic heterocycles. The summed E-state index contributed by atoms with van der Waals surface area (Å²) in [5.41, 5.74) is 3.11. The normalized spacial score (nSPS) is 16.6. The molecule has 0 N–H and O–H groups in total. The average Bonchev–Trinajstić information content (AvgIpc) is 3.34. The highest BCUT2D eigenvalue weighted by Crippen LogP contribution is 2.24. The number of methoxy groups -OCH3 is 2. The lowest BCUT2D eigenvalue weighted by molar-refractivity contribution is 0.0630. The number of rotatable bonds is 6. The van der Waals surface area contributed by atoms with Crippen LogP contribution in [-0.2, 0) is 11.2 Å². The number of hydrogen-bond acceptors (Lipinski definition) is 5. The highest BCUT2D eigenvalue weighted by Gasteiger charge is 2.29. The van der Waals surface area contributed by atoms with Gasteiger partial charge in [0.2, 0.25) is 0 Å². The Bertz CT molecular complexity index is 964. The number of hydrogen-bond donors (Lipinski definition) is 0. The molecular formula is C22H24N2O4. The van der Waals surface area contributed by atoms with Gasteiger partial charge in [0.25, 0.3) is 5.91 Å². The van der Waals surface area contributed by atoms with Crippen LogP contribution in [-0.4, -0.2) is 49.2 Å². The highest BCUT2D eigenvalue weighted by atomic mass is 16.5. The number of fused-ring (bicyclic) bond motifs is 1. The fourth-order valence-corrected chi connectivity index (χ4v) is 3.73. The van der Waals surface area contributed by atoms with E-state index in [9.17, 15) is 4.79 Å². The predicted octanol–water partition coefficient (Wildman–Crippen LogP) is 3.68. The Kier molecular flexibility index (Phi) is 5.30. The summed E-state index contributed by atoms with van der Waals surface area (Å²) in [7, 11) is 3.32. The smallest absolute Gasteiger partial charge is 0.254 e. The molecule has 1 saturated heterocycles. The van der Waals surface area contributed by atoms with Crippen LogP contribution in [0.1, 0.15) is 34.7 Å². The molecule has 1 fully saturated rings. The number of oxazole rings is 1. The Balaban J connectivity index is 1.53. The lowest BCUT2D eigenvalue weighted by Crippen LogP contribution is -2.38. The van der Waals surface area contributed by atoms with E-state index >= 15 is 0 Å². The van der Waals surface area contributed by atoms with Crippen molar-refractivity contribution < 1.29 is 18.7 Å². The first-order valence-electron chi connectivity index (χ1n) is 9.50. The van der Waals surface area contributed by atoms with Crippen LogP contribution in [0.15, 0.2) is 46.9 Å². The summed E-state index contributed by atoms with van der Waals surface area (Å²) in [4.78, 5) is 19.4. The first kappa shape index (κ1) is 18.5. The van der Waals surface area contributed by atoms with Gasteiger partial charge in [0, 0.05) is 25.6 Å². The van der Waals surface area contributed by atoms with Gasteiger partial charge in [0.1, 0.15) is 11.3 Å². The number of carbonyl (C=O) groups excluding carboxylic acids is 1. The molecule has 0 aliphatic carbocycles. The number of carbonyl (C=O) groups is 1. The van der Waals surface area contributed by atoms with Crippen molar-refractivity contribution in [2.45, 2.75) is 25.3 Å². The highest BCUT2D eigenvalue weighted by molar-refractivity contribution is 5.97. The van der Waals surface area contributed by atoms with Gasteiger partial charge in [-0.2, -0.15) is 0 Å². The van der Waals surface area contributed by atoms with Gasteiger partial charge in [-0.1, -0.05) is 12.1 Å². The molecule has 2 aromatic carbocycles. The van der Waals surface area contributed by atoms with Gasteiger partial charge >= 0.3 is 0 Å². The van der Waals surface area contributed by atoms with Crippen molar-refractivity contribution in [2.75, 3.05) is 27.4 Å². The van der Waals surface area contributed by atoms with Crippen molar-refractivity contribution in [3.63, 3.8) is 0 Å². The lowest BCUT2D eigenvalue weighted by atomic mass is 10.1. The van der Waals surface area contributed by atoms with Crippen molar-refractivity contribution in [1.82, 2.24) is 9.88 Å². The van der Waals surface area contributed by atoms with E-state index in [1.165, 1.54) is 0 Å². The van der Waals surface area contributed by atoms with Gasteiger partial charge in [0.15, 0.2) is 11.5 Å². The fraction of sp³-hybridized carbons (Fsp3) is 0.364. The van der Waals surface area contributed by atoms with E-state index < -0.39 is 0 Å². The minimum atomic E-state index is 0.0227. The maximum atomic E-state index is 12.9. The van der Waals surface area contributed by atoms with E-state index in [2.05, 4.69) is 4.98 Å². The van der Waals surface area contributed by atoms with Crippen molar-refractivity contribution >= 4 is 17.0 Å². The second-order valence-corrected chi connectivity index (χ2v) is 7.06. The molecule has 1 aliphatic heterocycles. The summed E-state index contributed by atoms with van der Waals surface area (Å²) in [6.07, 6.45) is 2.58. The largest absolute Gasteiger partial charge is 0.497 e. The summed E-state index contributed by atoms with van der Waals surface area (Å²) in [5, 5.41) is 0. The van der Waals surface area contributed by atoms with E-state index in [1.807, 2.05) is 41.3 Å². The fourth-order valence-electron chi connectivity index (χ4n) is 3.73. The van der Waals surface area contributed by atoms with Gasteiger partial charge in [0.05, 0.1) is 19.8 Å². The molecule has 6 heteroatoms. The second kappa shape index (κ2) is 8.02. The zero-order valence-corrected chi connectivity index (χ0v) is 16.2. The Morgan fingerprint density at radius 3 is 2.79 bits per heavy atom. The van der Waals surface area contributed by atoms with Crippen LogP contribution in [0.2, 0.25) is 0 Å². The van der Waals surface area contributed by atoms with E-state index in [0.29, 0.717) is 30.1 Å². The lowest BCUT2D eigenvalue weighted by Gasteiger charge is -2.24. The molecule has 0 saturated carbocycles. The summed E-state index contributed by atoms with van der Waals surface area (Å²) in [5.74, 6) is 1.47. The minimum absolute atomic E-state index is 0.0227. The molecule has 0 radical (unpaired) electrons. The van der Waals surface area contributed by atoms with Crippen LogP contribution in [0.3, 0.4) is 0 Å². The van der Waals surface area contributed by atoms with Crippen molar-refractivity contribution in [2.24, 2.45) is 0 Å². The number of likely N-dealkylation sites (tertiary alicyclic amines) is 1. The molecule has 3 aromatic rings. The van der Waals surface area contributed by atoms with Crippen molar-refractivity contribution in [3.8, 4) is 5.75 Å². The molecule has 1 aliphatic rings.